The highest BCUT2D eigenvalue weighted by atomic mass is 28.3. The molecule has 0 saturated carbocycles. The largest absolute Gasteiger partial charge is 0.361 e. The van der Waals surface area contributed by atoms with Gasteiger partial charge in [0.05, 0.1) is 22.5 Å². The van der Waals surface area contributed by atoms with E-state index in [1.165, 1.54) is 12.1 Å². The molecule has 33 heavy (non-hydrogen) atoms. The summed E-state index contributed by atoms with van der Waals surface area (Å²) in [5, 5.41) is 14.0. The summed E-state index contributed by atoms with van der Waals surface area (Å²) in [5.74, 6) is 0.451. The molecule has 0 aliphatic carbocycles. The van der Waals surface area contributed by atoms with Crippen molar-refractivity contribution in [3.63, 3.8) is 0 Å². The van der Waals surface area contributed by atoms with Gasteiger partial charge in [-0.25, -0.2) is 9.83 Å². The van der Waals surface area contributed by atoms with Gasteiger partial charge in [-0.05, 0) is 24.2 Å². The Labute approximate surface area is 193 Å². The number of amides is 1. The number of rotatable bonds is 10. The summed E-state index contributed by atoms with van der Waals surface area (Å²) in [6, 6.07) is 12.2. The van der Waals surface area contributed by atoms with Crippen molar-refractivity contribution < 1.29 is 14.5 Å². The van der Waals surface area contributed by atoms with Crippen molar-refractivity contribution in [2.75, 3.05) is 11.9 Å². The Hall–Kier alpha value is -3.55. The third-order valence-electron chi connectivity index (χ3n) is 5.09. The number of ether oxygens (including phenoxy) is 1. The van der Waals surface area contributed by atoms with Crippen LogP contribution in [0, 0.1) is 16.7 Å². The highest BCUT2D eigenvalue weighted by molar-refractivity contribution is 6.76. The van der Waals surface area contributed by atoms with Crippen LogP contribution in [0.1, 0.15) is 12.2 Å². The first kappa shape index (κ1) is 24.1. The molecule has 3 rings (SSSR count). The lowest BCUT2D eigenvalue weighted by atomic mass is 10.2. The van der Waals surface area contributed by atoms with Gasteiger partial charge in [0.1, 0.15) is 12.6 Å². The van der Waals surface area contributed by atoms with Crippen molar-refractivity contribution in [3.8, 4) is 0 Å². The molecular weight excluding hydrogens is 438 g/mol. The summed E-state index contributed by atoms with van der Waals surface area (Å²) in [7, 11) is -1.23. The molecule has 1 N–H and O–H groups in total. The zero-order valence-corrected chi connectivity index (χ0v) is 20.0. The molecular formula is C23H27N5O4Si. The van der Waals surface area contributed by atoms with Gasteiger partial charge in [0.15, 0.2) is 5.69 Å². The number of hydrogen-bond donors (Lipinski definition) is 1. The predicted molar refractivity (Wildman–Crippen MR) is 130 cm³/mol. The van der Waals surface area contributed by atoms with Crippen LogP contribution < -0.4 is 5.32 Å². The number of aryl methyl sites for hydroxylation is 1. The Morgan fingerprint density at radius 2 is 1.97 bits per heavy atom. The fourth-order valence-corrected chi connectivity index (χ4v) is 3.98. The number of nitro groups is 1. The van der Waals surface area contributed by atoms with Gasteiger partial charge in [0, 0.05) is 45.3 Å². The summed E-state index contributed by atoms with van der Waals surface area (Å²) in [4.78, 5) is 31.0. The van der Waals surface area contributed by atoms with Crippen molar-refractivity contribution in [1.29, 1.82) is 0 Å². The average molecular weight is 466 g/mol. The number of carbonyl (C=O) groups excluding carboxylic acids is 1. The second kappa shape index (κ2) is 10.4. The number of nitrogens with zero attached hydrogens (tertiary/aromatic N) is 4. The van der Waals surface area contributed by atoms with Gasteiger partial charge in [-0.15, -0.1) is 0 Å². The number of anilines is 1. The first-order valence-electron chi connectivity index (χ1n) is 10.6. The number of nitro benzene ring substituents is 1. The molecule has 3 aromatic rings. The van der Waals surface area contributed by atoms with Gasteiger partial charge in [0.25, 0.3) is 5.69 Å². The quantitative estimate of drug-likeness (QED) is 0.142. The van der Waals surface area contributed by atoms with Crippen LogP contribution in [0.4, 0.5) is 17.1 Å². The summed E-state index contributed by atoms with van der Waals surface area (Å²) in [6.07, 6.45) is 0.538. The van der Waals surface area contributed by atoms with Crippen LogP contribution >= 0.6 is 0 Å². The van der Waals surface area contributed by atoms with Gasteiger partial charge in [-0.3, -0.25) is 14.9 Å². The monoisotopic (exact) mass is 465 g/mol. The molecule has 9 nitrogen and oxygen atoms in total. The highest BCUT2D eigenvalue weighted by Gasteiger charge is 2.17. The van der Waals surface area contributed by atoms with Crippen molar-refractivity contribution in [2.24, 2.45) is 0 Å². The smallest absolute Gasteiger partial charge is 0.271 e. The SMILES string of the molecule is [C-]#[N+]c1ccc(NC(=O)CCc2nc3cc([N+](=O)[O-])ccc3n2COCC[Si](C)(C)C)cc1. The topological polar surface area (TPSA) is 104 Å². The molecule has 0 aliphatic heterocycles. The fourth-order valence-electron chi connectivity index (χ4n) is 3.22. The van der Waals surface area contributed by atoms with Gasteiger partial charge < -0.3 is 14.6 Å². The van der Waals surface area contributed by atoms with Crippen LogP contribution in [0.2, 0.25) is 25.7 Å². The van der Waals surface area contributed by atoms with E-state index in [4.69, 9.17) is 11.3 Å². The van der Waals surface area contributed by atoms with Crippen LogP contribution in [-0.2, 0) is 22.7 Å². The van der Waals surface area contributed by atoms with E-state index >= 15 is 0 Å². The zero-order chi connectivity index (χ0) is 24.0. The lowest BCUT2D eigenvalue weighted by molar-refractivity contribution is -0.384. The van der Waals surface area contributed by atoms with Gasteiger partial charge in [0.2, 0.25) is 5.91 Å². The van der Waals surface area contributed by atoms with E-state index < -0.39 is 13.0 Å². The van der Waals surface area contributed by atoms with Crippen LogP contribution in [0.5, 0.6) is 0 Å². The predicted octanol–water partition coefficient (Wildman–Crippen LogP) is 5.38. The maximum absolute atomic E-state index is 12.5. The molecule has 172 valence electrons. The molecule has 0 radical (unpaired) electrons. The molecule has 0 atom stereocenters. The lowest BCUT2D eigenvalue weighted by Gasteiger charge is -2.16. The number of hydrogen-bond acceptors (Lipinski definition) is 5. The van der Waals surface area contributed by atoms with E-state index in [2.05, 4.69) is 34.8 Å². The number of benzene rings is 2. The molecule has 2 aromatic carbocycles. The number of carbonyl (C=O) groups is 1. The number of aromatic nitrogens is 2. The third kappa shape index (κ3) is 6.71. The van der Waals surface area contributed by atoms with Crippen molar-refractivity contribution in [1.82, 2.24) is 9.55 Å². The second-order valence-electron chi connectivity index (χ2n) is 8.94. The summed E-state index contributed by atoms with van der Waals surface area (Å²) in [6.45, 7) is 14.7. The first-order chi connectivity index (χ1) is 15.7. The molecule has 0 fully saturated rings. The van der Waals surface area contributed by atoms with Crippen molar-refractivity contribution in [3.05, 3.63) is 69.8 Å². The van der Waals surface area contributed by atoms with Gasteiger partial charge in [-0.2, -0.15) is 0 Å². The Bertz CT molecular complexity index is 1190. The zero-order valence-electron chi connectivity index (χ0n) is 19.0. The molecule has 0 spiro atoms. The Morgan fingerprint density at radius 1 is 1.24 bits per heavy atom. The normalized spacial score (nSPS) is 11.3. The Morgan fingerprint density at radius 3 is 2.61 bits per heavy atom. The minimum absolute atomic E-state index is 0.0287. The maximum Gasteiger partial charge on any atom is 0.271 e. The maximum atomic E-state index is 12.5. The Balaban J connectivity index is 1.73. The van der Waals surface area contributed by atoms with Crippen LogP contribution in [0.25, 0.3) is 15.9 Å². The minimum Gasteiger partial charge on any atom is -0.361 e. The van der Waals surface area contributed by atoms with E-state index in [0.717, 1.165) is 11.6 Å². The molecule has 1 heterocycles. The van der Waals surface area contributed by atoms with Gasteiger partial charge >= 0.3 is 0 Å². The van der Waals surface area contributed by atoms with E-state index in [1.807, 2.05) is 4.57 Å². The van der Waals surface area contributed by atoms with E-state index in [9.17, 15) is 14.9 Å². The Kier molecular flexibility index (Phi) is 7.58. The number of non-ortho nitro benzene ring substituents is 1. The number of nitrogens with one attached hydrogen (secondary N) is 1. The van der Waals surface area contributed by atoms with Gasteiger partial charge in [-0.1, -0.05) is 31.8 Å². The number of fused-ring (bicyclic) bond motifs is 1. The standard InChI is InChI=1S/C23H27N5O4Si/c1-24-17-5-7-18(8-6-17)25-23(29)12-11-22-26-20-15-19(28(30)31)9-10-21(20)27(22)16-32-13-14-33(2,3)4/h5-10,15H,11-14,16H2,2-4H3,(H,25,29). The molecule has 1 amide bonds. The molecule has 0 bridgehead atoms. The molecule has 0 aliphatic rings. The van der Waals surface area contributed by atoms with Crippen LogP contribution in [-0.4, -0.2) is 35.1 Å². The molecule has 0 saturated heterocycles. The minimum atomic E-state index is -1.23. The summed E-state index contributed by atoms with van der Waals surface area (Å²) in [5.41, 5.74) is 2.33. The van der Waals surface area contributed by atoms with E-state index in [0.29, 0.717) is 35.7 Å². The number of imidazole rings is 1. The van der Waals surface area contributed by atoms with Crippen LogP contribution in [0.3, 0.4) is 0 Å². The highest BCUT2D eigenvalue weighted by Crippen LogP contribution is 2.23. The average Bonchev–Trinajstić information content (AvgIpc) is 3.11. The second-order valence-corrected chi connectivity index (χ2v) is 14.6. The van der Waals surface area contributed by atoms with E-state index in [1.54, 1.807) is 30.3 Å². The summed E-state index contributed by atoms with van der Waals surface area (Å²) < 4.78 is 7.78. The lowest BCUT2D eigenvalue weighted by Crippen LogP contribution is -2.22. The van der Waals surface area contributed by atoms with E-state index in [-0.39, 0.29) is 24.7 Å². The molecule has 1 aromatic heterocycles. The molecule has 0 unspecified atom stereocenters. The fraction of sp³-hybridized carbons (Fsp3) is 0.348. The van der Waals surface area contributed by atoms with Crippen molar-refractivity contribution >= 4 is 42.1 Å². The summed E-state index contributed by atoms with van der Waals surface area (Å²) >= 11 is 0. The third-order valence-corrected chi connectivity index (χ3v) is 6.80. The molecule has 10 heteroatoms. The first-order valence-corrected chi connectivity index (χ1v) is 14.4. The van der Waals surface area contributed by atoms with Crippen LogP contribution in [0.15, 0.2) is 42.5 Å². The van der Waals surface area contributed by atoms with Crippen molar-refractivity contribution in [2.45, 2.75) is 45.3 Å².